The summed E-state index contributed by atoms with van der Waals surface area (Å²) in [5, 5.41) is 0. The van der Waals surface area contributed by atoms with Gasteiger partial charge in [0, 0.05) is 32.6 Å². The van der Waals surface area contributed by atoms with Crippen molar-refractivity contribution in [2.45, 2.75) is 45.6 Å². The Labute approximate surface area is 148 Å². The normalized spacial score (nSPS) is 15.7. The van der Waals surface area contributed by atoms with Crippen molar-refractivity contribution >= 4 is 12.0 Å². The molecule has 0 aliphatic carbocycles. The van der Waals surface area contributed by atoms with Gasteiger partial charge >= 0.3 is 6.09 Å². The Balaban J connectivity index is 1.82. The number of nitrogens with zero attached hydrogens (tertiary/aromatic N) is 2. The summed E-state index contributed by atoms with van der Waals surface area (Å²) in [6.07, 6.45) is 1.39. The molecule has 5 nitrogen and oxygen atoms in total. The molecule has 6 heteroatoms. The summed E-state index contributed by atoms with van der Waals surface area (Å²) in [6.45, 7) is 7.76. The monoisotopic (exact) mass is 350 g/mol. The van der Waals surface area contributed by atoms with Gasteiger partial charge in [-0.15, -0.1) is 0 Å². The van der Waals surface area contributed by atoms with Crippen LogP contribution >= 0.6 is 0 Å². The van der Waals surface area contributed by atoms with E-state index < -0.39 is 5.60 Å². The second-order valence-corrected chi connectivity index (χ2v) is 7.33. The number of halogens is 1. The van der Waals surface area contributed by atoms with Gasteiger partial charge in [-0.05, 0) is 51.3 Å². The molecule has 2 rings (SSSR count). The minimum absolute atomic E-state index is 0.0652. The number of hydrogen-bond donors (Lipinski definition) is 0. The molecule has 0 unspecified atom stereocenters. The SMILES string of the molecule is CC(C)(C)OC(=O)N1CCCN(C(=O)CCc2ccc(F)cc2)CC1. The van der Waals surface area contributed by atoms with E-state index in [1.165, 1.54) is 12.1 Å². The van der Waals surface area contributed by atoms with Crippen LogP contribution in [0, 0.1) is 5.82 Å². The number of amides is 2. The van der Waals surface area contributed by atoms with Crippen molar-refractivity contribution in [2.75, 3.05) is 26.2 Å². The van der Waals surface area contributed by atoms with E-state index in [2.05, 4.69) is 0 Å². The highest BCUT2D eigenvalue weighted by Crippen LogP contribution is 2.13. The van der Waals surface area contributed by atoms with Crippen molar-refractivity contribution in [2.24, 2.45) is 0 Å². The zero-order valence-electron chi connectivity index (χ0n) is 15.3. The zero-order valence-corrected chi connectivity index (χ0v) is 15.3. The van der Waals surface area contributed by atoms with E-state index in [4.69, 9.17) is 4.74 Å². The van der Waals surface area contributed by atoms with Crippen LogP contribution in [0.3, 0.4) is 0 Å². The molecular formula is C19H27FN2O3. The fraction of sp³-hybridized carbons (Fsp3) is 0.579. The van der Waals surface area contributed by atoms with Gasteiger partial charge in [0.05, 0.1) is 0 Å². The molecule has 0 bridgehead atoms. The van der Waals surface area contributed by atoms with Gasteiger partial charge in [0.25, 0.3) is 0 Å². The minimum Gasteiger partial charge on any atom is -0.444 e. The first-order valence-electron chi connectivity index (χ1n) is 8.75. The number of aryl methyl sites for hydroxylation is 1. The highest BCUT2D eigenvalue weighted by molar-refractivity contribution is 5.76. The quantitative estimate of drug-likeness (QED) is 0.841. The van der Waals surface area contributed by atoms with Gasteiger partial charge in [0.1, 0.15) is 11.4 Å². The predicted octanol–water partition coefficient (Wildman–Crippen LogP) is 3.23. The third-order valence-electron chi connectivity index (χ3n) is 4.04. The van der Waals surface area contributed by atoms with Crippen molar-refractivity contribution in [3.8, 4) is 0 Å². The predicted molar refractivity (Wildman–Crippen MR) is 93.7 cm³/mol. The smallest absolute Gasteiger partial charge is 0.410 e. The van der Waals surface area contributed by atoms with Crippen LogP contribution in [0.15, 0.2) is 24.3 Å². The van der Waals surface area contributed by atoms with Crippen molar-refractivity contribution < 1.29 is 18.7 Å². The fourth-order valence-electron chi connectivity index (χ4n) is 2.74. The van der Waals surface area contributed by atoms with E-state index in [1.54, 1.807) is 21.9 Å². The molecular weight excluding hydrogens is 323 g/mol. The summed E-state index contributed by atoms with van der Waals surface area (Å²) in [5.41, 5.74) is 0.425. The minimum atomic E-state index is -0.520. The topological polar surface area (TPSA) is 49.9 Å². The number of hydrogen-bond acceptors (Lipinski definition) is 3. The van der Waals surface area contributed by atoms with Gasteiger partial charge in [-0.1, -0.05) is 12.1 Å². The van der Waals surface area contributed by atoms with Gasteiger partial charge in [-0.2, -0.15) is 0 Å². The van der Waals surface area contributed by atoms with Crippen LogP contribution in [0.25, 0.3) is 0 Å². The van der Waals surface area contributed by atoms with E-state index in [1.807, 2.05) is 20.8 Å². The van der Waals surface area contributed by atoms with E-state index in [9.17, 15) is 14.0 Å². The summed E-state index contributed by atoms with van der Waals surface area (Å²) >= 11 is 0. The van der Waals surface area contributed by atoms with Crippen molar-refractivity contribution in [3.05, 3.63) is 35.6 Å². The van der Waals surface area contributed by atoms with Crippen LogP contribution in [0.1, 0.15) is 39.2 Å². The third-order valence-corrected chi connectivity index (χ3v) is 4.04. The van der Waals surface area contributed by atoms with Gasteiger partial charge in [0.15, 0.2) is 0 Å². The first-order chi connectivity index (χ1) is 11.7. The lowest BCUT2D eigenvalue weighted by Gasteiger charge is -2.26. The van der Waals surface area contributed by atoms with Gasteiger partial charge in [0.2, 0.25) is 5.91 Å². The lowest BCUT2D eigenvalue weighted by atomic mass is 10.1. The Morgan fingerprint density at radius 3 is 2.28 bits per heavy atom. The highest BCUT2D eigenvalue weighted by atomic mass is 19.1. The number of carbonyl (C=O) groups is 2. The van der Waals surface area contributed by atoms with Crippen molar-refractivity contribution in [1.82, 2.24) is 9.80 Å². The summed E-state index contributed by atoms with van der Waals surface area (Å²) in [4.78, 5) is 28.0. The van der Waals surface area contributed by atoms with Gasteiger partial charge < -0.3 is 14.5 Å². The zero-order chi connectivity index (χ0) is 18.4. The molecule has 0 radical (unpaired) electrons. The fourth-order valence-corrected chi connectivity index (χ4v) is 2.74. The number of benzene rings is 1. The summed E-state index contributed by atoms with van der Waals surface area (Å²) in [7, 11) is 0. The van der Waals surface area contributed by atoms with Gasteiger partial charge in [-0.3, -0.25) is 4.79 Å². The first kappa shape index (κ1) is 19.2. The van der Waals surface area contributed by atoms with Crippen LogP contribution in [0.2, 0.25) is 0 Å². The maximum Gasteiger partial charge on any atom is 0.410 e. The van der Waals surface area contributed by atoms with E-state index in [0.29, 0.717) is 39.0 Å². The third kappa shape index (κ3) is 6.36. The molecule has 25 heavy (non-hydrogen) atoms. The largest absolute Gasteiger partial charge is 0.444 e. The lowest BCUT2D eigenvalue weighted by molar-refractivity contribution is -0.131. The summed E-state index contributed by atoms with van der Waals surface area (Å²) < 4.78 is 18.3. The lowest BCUT2D eigenvalue weighted by Crippen LogP contribution is -2.40. The number of ether oxygens (including phenoxy) is 1. The molecule has 0 saturated carbocycles. The molecule has 1 aromatic carbocycles. The van der Waals surface area contributed by atoms with Crippen molar-refractivity contribution in [1.29, 1.82) is 0 Å². The molecule has 0 spiro atoms. The molecule has 138 valence electrons. The summed E-state index contributed by atoms with van der Waals surface area (Å²) in [6, 6.07) is 6.22. The molecule has 1 aliphatic heterocycles. The maximum atomic E-state index is 12.9. The Kier molecular flexibility index (Phi) is 6.39. The van der Waals surface area contributed by atoms with Crippen LogP contribution < -0.4 is 0 Å². The van der Waals surface area contributed by atoms with E-state index in [0.717, 1.165) is 12.0 Å². The molecule has 0 atom stereocenters. The van der Waals surface area contributed by atoms with Crippen LogP contribution in [0.4, 0.5) is 9.18 Å². The van der Waals surface area contributed by atoms with Crippen LogP contribution in [-0.2, 0) is 16.0 Å². The average Bonchev–Trinajstić information content (AvgIpc) is 2.78. The summed E-state index contributed by atoms with van der Waals surface area (Å²) in [5.74, 6) is -0.208. The van der Waals surface area contributed by atoms with Crippen LogP contribution in [0.5, 0.6) is 0 Å². The Morgan fingerprint density at radius 2 is 1.64 bits per heavy atom. The molecule has 1 aromatic rings. The molecule has 1 aliphatic rings. The Bertz CT molecular complexity index is 596. The second kappa shape index (κ2) is 8.32. The molecule has 0 aromatic heterocycles. The standard InChI is InChI=1S/C19H27FN2O3/c1-19(2,3)25-18(24)22-12-4-11-21(13-14-22)17(23)10-7-15-5-8-16(20)9-6-15/h5-6,8-9H,4,7,10-14H2,1-3H3. The van der Waals surface area contributed by atoms with Gasteiger partial charge in [-0.25, -0.2) is 9.18 Å². The molecule has 1 heterocycles. The number of carbonyl (C=O) groups excluding carboxylic acids is 2. The highest BCUT2D eigenvalue weighted by Gasteiger charge is 2.25. The second-order valence-electron chi connectivity index (χ2n) is 7.33. The first-order valence-corrected chi connectivity index (χ1v) is 8.75. The Hall–Kier alpha value is -2.11. The molecule has 2 amide bonds. The Morgan fingerprint density at radius 1 is 1.04 bits per heavy atom. The van der Waals surface area contributed by atoms with E-state index in [-0.39, 0.29) is 17.8 Å². The molecule has 0 N–H and O–H groups in total. The van der Waals surface area contributed by atoms with E-state index >= 15 is 0 Å². The average molecular weight is 350 g/mol. The molecule has 1 fully saturated rings. The van der Waals surface area contributed by atoms with Crippen molar-refractivity contribution in [3.63, 3.8) is 0 Å². The van der Waals surface area contributed by atoms with Crippen LogP contribution in [-0.4, -0.2) is 53.6 Å². The molecule has 1 saturated heterocycles. The maximum absolute atomic E-state index is 12.9. The number of rotatable bonds is 3.